The van der Waals surface area contributed by atoms with Gasteiger partial charge < -0.3 is 16.2 Å². The number of carbonyl (C=O) groups excluding carboxylic acids is 1. The van der Waals surface area contributed by atoms with E-state index in [9.17, 15) is 9.59 Å². The maximum atomic E-state index is 11.2. The molecule has 0 aromatic heterocycles. The van der Waals surface area contributed by atoms with Gasteiger partial charge in [-0.1, -0.05) is 19.8 Å². The summed E-state index contributed by atoms with van der Waals surface area (Å²) in [5.41, 5.74) is 5.53. The van der Waals surface area contributed by atoms with Gasteiger partial charge >= 0.3 is 5.97 Å². The molecule has 0 aliphatic carbocycles. The molecular weight excluding hydrogens is 208 g/mol. The predicted molar refractivity (Wildman–Crippen MR) is 62.0 cm³/mol. The highest BCUT2D eigenvalue weighted by atomic mass is 16.4. The fourth-order valence-corrected chi connectivity index (χ4v) is 1.28. The Morgan fingerprint density at radius 1 is 1.25 bits per heavy atom. The van der Waals surface area contributed by atoms with Gasteiger partial charge in [0.2, 0.25) is 5.91 Å². The van der Waals surface area contributed by atoms with Gasteiger partial charge in [-0.15, -0.1) is 0 Å². The van der Waals surface area contributed by atoms with Gasteiger partial charge in [-0.2, -0.15) is 0 Å². The largest absolute Gasteiger partial charge is 0.481 e. The Labute approximate surface area is 96.4 Å². The van der Waals surface area contributed by atoms with Crippen molar-refractivity contribution in [2.45, 2.75) is 51.5 Å². The third-order valence-electron chi connectivity index (χ3n) is 2.39. The van der Waals surface area contributed by atoms with Crippen LogP contribution in [-0.2, 0) is 9.59 Å². The van der Waals surface area contributed by atoms with Gasteiger partial charge in [0.25, 0.3) is 0 Å². The lowest BCUT2D eigenvalue weighted by Gasteiger charge is -2.09. The topological polar surface area (TPSA) is 92.4 Å². The van der Waals surface area contributed by atoms with Crippen LogP contribution in [-0.4, -0.2) is 29.6 Å². The van der Waals surface area contributed by atoms with Gasteiger partial charge in [-0.3, -0.25) is 9.59 Å². The van der Waals surface area contributed by atoms with Crippen molar-refractivity contribution in [1.82, 2.24) is 5.32 Å². The molecule has 0 heterocycles. The first-order chi connectivity index (χ1) is 7.57. The van der Waals surface area contributed by atoms with Crippen LogP contribution in [0.25, 0.3) is 0 Å². The van der Waals surface area contributed by atoms with Crippen molar-refractivity contribution in [2.75, 3.05) is 6.54 Å². The Morgan fingerprint density at radius 2 is 1.88 bits per heavy atom. The normalized spacial score (nSPS) is 12.1. The van der Waals surface area contributed by atoms with Crippen molar-refractivity contribution in [1.29, 1.82) is 0 Å². The first-order valence-electron chi connectivity index (χ1n) is 5.83. The molecule has 0 saturated heterocycles. The minimum atomic E-state index is -0.748. The summed E-state index contributed by atoms with van der Waals surface area (Å²) < 4.78 is 0. The highest BCUT2D eigenvalue weighted by Crippen LogP contribution is 2.02. The number of hydrogen-bond donors (Lipinski definition) is 3. The summed E-state index contributed by atoms with van der Waals surface area (Å²) in [5.74, 6) is -0.852. The van der Waals surface area contributed by atoms with Crippen LogP contribution >= 0.6 is 0 Å². The van der Waals surface area contributed by atoms with Crippen molar-refractivity contribution in [3.05, 3.63) is 0 Å². The number of unbranched alkanes of at least 4 members (excludes halogenated alkanes) is 3. The second-order valence-electron chi connectivity index (χ2n) is 3.86. The van der Waals surface area contributed by atoms with E-state index >= 15 is 0 Å². The van der Waals surface area contributed by atoms with E-state index in [0.717, 1.165) is 19.3 Å². The van der Waals surface area contributed by atoms with Gasteiger partial charge in [0.1, 0.15) is 0 Å². The minimum Gasteiger partial charge on any atom is -0.481 e. The standard InChI is InChI=1S/C11H22N2O3/c1-2-9(12)11(16)13-8-6-4-3-5-7-10(14)15/h9H,2-8,12H2,1H3,(H,13,16)(H,14,15). The van der Waals surface area contributed by atoms with E-state index in [0.29, 0.717) is 19.4 Å². The Balaban J connectivity index is 3.27. The number of nitrogens with one attached hydrogen (secondary N) is 1. The van der Waals surface area contributed by atoms with E-state index < -0.39 is 12.0 Å². The number of carboxylic acids is 1. The molecule has 0 spiro atoms. The molecule has 0 aromatic carbocycles. The summed E-state index contributed by atoms with van der Waals surface area (Å²) in [5, 5.41) is 11.2. The third-order valence-corrected chi connectivity index (χ3v) is 2.39. The number of carbonyl (C=O) groups is 2. The van der Waals surface area contributed by atoms with E-state index in [1.165, 1.54) is 0 Å². The molecule has 1 unspecified atom stereocenters. The number of carboxylic acid groups (broad SMARTS) is 1. The fraction of sp³-hybridized carbons (Fsp3) is 0.818. The second kappa shape index (κ2) is 9.15. The number of amides is 1. The lowest BCUT2D eigenvalue weighted by Crippen LogP contribution is -2.40. The molecule has 5 nitrogen and oxygen atoms in total. The zero-order valence-corrected chi connectivity index (χ0v) is 9.87. The molecule has 1 amide bonds. The summed E-state index contributed by atoms with van der Waals surface area (Å²) in [6, 6.07) is -0.410. The van der Waals surface area contributed by atoms with Crippen LogP contribution in [0.4, 0.5) is 0 Å². The number of hydrogen-bond acceptors (Lipinski definition) is 3. The molecule has 5 heteroatoms. The average molecular weight is 230 g/mol. The van der Waals surface area contributed by atoms with Crippen molar-refractivity contribution in [3.8, 4) is 0 Å². The number of rotatable bonds is 9. The summed E-state index contributed by atoms with van der Waals surface area (Å²) in [6.45, 7) is 2.50. The maximum absolute atomic E-state index is 11.2. The van der Waals surface area contributed by atoms with Crippen LogP contribution < -0.4 is 11.1 Å². The van der Waals surface area contributed by atoms with Gasteiger partial charge in [-0.05, 0) is 19.3 Å². The molecular formula is C11H22N2O3. The van der Waals surface area contributed by atoms with Gasteiger partial charge in [0.15, 0.2) is 0 Å². The van der Waals surface area contributed by atoms with Crippen molar-refractivity contribution in [3.63, 3.8) is 0 Å². The lowest BCUT2D eigenvalue weighted by molar-refractivity contribution is -0.137. The maximum Gasteiger partial charge on any atom is 0.303 e. The molecule has 0 fully saturated rings. The summed E-state index contributed by atoms with van der Waals surface area (Å²) >= 11 is 0. The Morgan fingerprint density at radius 3 is 2.44 bits per heavy atom. The molecule has 94 valence electrons. The lowest BCUT2D eigenvalue weighted by atomic mass is 10.1. The minimum absolute atomic E-state index is 0.104. The van der Waals surface area contributed by atoms with Crippen molar-refractivity contribution >= 4 is 11.9 Å². The molecule has 4 N–H and O–H groups in total. The van der Waals surface area contributed by atoms with Crippen LogP contribution in [0.2, 0.25) is 0 Å². The molecule has 0 bridgehead atoms. The van der Waals surface area contributed by atoms with Crippen LogP contribution in [0, 0.1) is 0 Å². The van der Waals surface area contributed by atoms with E-state index in [2.05, 4.69) is 5.32 Å². The highest BCUT2D eigenvalue weighted by Gasteiger charge is 2.08. The Hall–Kier alpha value is -1.10. The molecule has 0 aliphatic rings. The second-order valence-corrected chi connectivity index (χ2v) is 3.86. The molecule has 0 aromatic rings. The van der Waals surface area contributed by atoms with E-state index in [-0.39, 0.29) is 12.3 Å². The molecule has 0 saturated carbocycles. The SMILES string of the molecule is CCC(N)C(=O)NCCCCCCC(=O)O. The van der Waals surface area contributed by atoms with Crippen LogP contribution in [0.15, 0.2) is 0 Å². The zero-order chi connectivity index (χ0) is 12.4. The first kappa shape index (κ1) is 14.9. The van der Waals surface area contributed by atoms with Crippen LogP contribution in [0.3, 0.4) is 0 Å². The van der Waals surface area contributed by atoms with Crippen LogP contribution in [0.1, 0.15) is 45.4 Å². The van der Waals surface area contributed by atoms with E-state index in [1.807, 2.05) is 6.92 Å². The van der Waals surface area contributed by atoms with Crippen LogP contribution in [0.5, 0.6) is 0 Å². The predicted octanol–water partition coefficient (Wildman–Crippen LogP) is 0.875. The monoisotopic (exact) mass is 230 g/mol. The fourth-order valence-electron chi connectivity index (χ4n) is 1.28. The average Bonchev–Trinajstić information content (AvgIpc) is 2.25. The molecule has 0 aliphatic heterocycles. The number of nitrogens with two attached hydrogens (primary N) is 1. The molecule has 1 atom stereocenters. The number of aliphatic carboxylic acids is 1. The molecule has 0 rings (SSSR count). The zero-order valence-electron chi connectivity index (χ0n) is 9.87. The Kier molecular flexibility index (Phi) is 8.52. The third kappa shape index (κ3) is 8.23. The van der Waals surface area contributed by atoms with E-state index in [4.69, 9.17) is 10.8 Å². The van der Waals surface area contributed by atoms with Gasteiger partial charge in [0.05, 0.1) is 6.04 Å². The van der Waals surface area contributed by atoms with Gasteiger partial charge in [0, 0.05) is 13.0 Å². The highest BCUT2D eigenvalue weighted by molar-refractivity contribution is 5.81. The molecule has 16 heavy (non-hydrogen) atoms. The summed E-state index contributed by atoms with van der Waals surface area (Å²) in [7, 11) is 0. The van der Waals surface area contributed by atoms with E-state index in [1.54, 1.807) is 0 Å². The van der Waals surface area contributed by atoms with Crippen molar-refractivity contribution < 1.29 is 14.7 Å². The molecule has 0 radical (unpaired) electrons. The van der Waals surface area contributed by atoms with Gasteiger partial charge in [-0.25, -0.2) is 0 Å². The van der Waals surface area contributed by atoms with Crippen molar-refractivity contribution in [2.24, 2.45) is 5.73 Å². The summed E-state index contributed by atoms with van der Waals surface area (Å²) in [6.07, 6.45) is 4.29. The quantitative estimate of drug-likeness (QED) is 0.512. The Bertz CT molecular complexity index is 219. The summed E-state index contributed by atoms with van der Waals surface area (Å²) in [4.78, 5) is 21.5. The smallest absolute Gasteiger partial charge is 0.303 e. The first-order valence-corrected chi connectivity index (χ1v) is 5.83.